The van der Waals surface area contributed by atoms with Gasteiger partial charge in [0, 0.05) is 6.54 Å². The molecule has 180 valence electrons. The summed E-state index contributed by atoms with van der Waals surface area (Å²) >= 11 is 0. The van der Waals surface area contributed by atoms with Gasteiger partial charge in [0.05, 0.1) is 5.41 Å². The molecule has 5 nitrogen and oxygen atoms in total. The lowest BCUT2D eigenvalue weighted by Gasteiger charge is -2.54. The van der Waals surface area contributed by atoms with E-state index < -0.39 is 0 Å². The third-order valence-electron chi connectivity index (χ3n) is 8.23. The lowest BCUT2D eigenvalue weighted by atomic mass is 9.49. The van der Waals surface area contributed by atoms with Gasteiger partial charge in [-0.25, -0.2) is 0 Å². The van der Waals surface area contributed by atoms with Crippen LogP contribution in [0.3, 0.4) is 0 Å². The van der Waals surface area contributed by atoms with Gasteiger partial charge in [0.15, 0.2) is 0 Å². The van der Waals surface area contributed by atoms with Gasteiger partial charge in [0.25, 0.3) is 0 Å². The number of nitrogens with two attached hydrogens (primary N) is 1. The number of amides is 1. The summed E-state index contributed by atoms with van der Waals surface area (Å²) in [7, 11) is 0. The lowest BCUT2D eigenvalue weighted by molar-refractivity contribution is -0.138. The molecule has 0 bridgehead atoms. The van der Waals surface area contributed by atoms with Gasteiger partial charge in [0.1, 0.15) is 5.75 Å². The Labute approximate surface area is 194 Å². The highest BCUT2D eigenvalue weighted by molar-refractivity contribution is 5.83. The highest BCUT2D eigenvalue weighted by Gasteiger charge is 2.54. The molecule has 0 radical (unpaired) electrons. The molecule has 1 aromatic rings. The van der Waals surface area contributed by atoms with Crippen LogP contribution < -0.4 is 16.4 Å². The van der Waals surface area contributed by atoms with Crippen molar-refractivity contribution in [2.24, 2.45) is 17.1 Å². The van der Waals surface area contributed by atoms with E-state index in [2.05, 4.69) is 30.5 Å². The van der Waals surface area contributed by atoms with Crippen molar-refractivity contribution < 1.29 is 9.90 Å². The minimum atomic E-state index is -0.340. The molecule has 1 saturated carbocycles. The van der Waals surface area contributed by atoms with Crippen LogP contribution in [0.25, 0.3) is 0 Å². The van der Waals surface area contributed by atoms with Crippen molar-refractivity contribution >= 4 is 5.91 Å². The summed E-state index contributed by atoms with van der Waals surface area (Å²) < 4.78 is 0. The monoisotopic (exact) mass is 443 g/mol. The van der Waals surface area contributed by atoms with E-state index in [-0.39, 0.29) is 16.7 Å². The molecule has 1 fully saturated rings. The fraction of sp³-hybridized carbons (Fsp3) is 0.741. The molecule has 1 amide bonds. The Morgan fingerprint density at radius 2 is 1.81 bits per heavy atom. The minimum Gasteiger partial charge on any atom is -0.508 e. The first-order valence-electron chi connectivity index (χ1n) is 12.9. The summed E-state index contributed by atoms with van der Waals surface area (Å²) in [6.45, 7) is 8.05. The number of hydrogen-bond acceptors (Lipinski definition) is 4. The standard InChI is InChI=1S/C27H45N3O2/c1-26-14-8-15-27(2,24(26)13-11-21-10-12-22(31)20-23(21)26)25(32)30-19-9-18-29-17-7-5-3-4-6-16-28/h10,12,20,24,29,31H,3-9,11,13-19,28H2,1-2H3,(H,30,32)/t24-,26-,27+/m1/s1. The quantitative estimate of drug-likeness (QED) is 0.360. The van der Waals surface area contributed by atoms with Gasteiger partial charge in [0.2, 0.25) is 5.91 Å². The largest absolute Gasteiger partial charge is 0.508 e. The van der Waals surface area contributed by atoms with E-state index in [0.29, 0.717) is 11.7 Å². The van der Waals surface area contributed by atoms with Gasteiger partial charge in [-0.2, -0.15) is 0 Å². The first kappa shape index (κ1) is 25.0. The van der Waals surface area contributed by atoms with Gasteiger partial charge >= 0.3 is 0 Å². The van der Waals surface area contributed by atoms with Gasteiger partial charge in [-0.3, -0.25) is 4.79 Å². The van der Waals surface area contributed by atoms with Crippen molar-refractivity contribution in [1.82, 2.24) is 10.6 Å². The van der Waals surface area contributed by atoms with Gasteiger partial charge in [-0.05, 0) is 99.2 Å². The molecule has 2 aliphatic carbocycles. The Morgan fingerprint density at radius 1 is 1.06 bits per heavy atom. The molecule has 0 spiro atoms. The fourth-order valence-corrected chi connectivity index (χ4v) is 6.39. The van der Waals surface area contributed by atoms with Crippen LogP contribution in [0.4, 0.5) is 0 Å². The second-order valence-corrected chi connectivity index (χ2v) is 10.5. The zero-order valence-electron chi connectivity index (χ0n) is 20.3. The topological polar surface area (TPSA) is 87.4 Å². The number of aryl methyl sites for hydroxylation is 1. The van der Waals surface area contributed by atoms with Crippen LogP contribution in [0.2, 0.25) is 0 Å². The predicted octanol–water partition coefficient (Wildman–Crippen LogP) is 4.41. The number of benzene rings is 1. The highest BCUT2D eigenvalue weighted by atomic mass is 16.3. The van der Waals surface area contributed by atoms with Gasteiger partial charge in [-0.1, -0.05) is 45.6 Å². The molecule has 32 heavy (non-hydrogen) atoms. The lowest BCUT2D eigenvalue weighted by Crippen LogP contribution is -2.55. The van der Waals surface area contributed by atoms with Crippen molar-refractivity contribution in [3.8, 4) is 5.75 Å². The second-order valence-electron chi connectivity index (χ2n) is 10.5. The SMILES string of the molecule is C[C@]1(C(=O)NCCCNCCCCCCCN)CCC[C@]2(C)c3cc(O)ccc3CC[C@@H]12. The average molecular weight is 444 g/mol. The maximum atomic E-state index is 13.4. The smallest absolute Gasteiger partial charge is 0.226 e. The number of aromatic hydroxyl groups is 1. The van der Waals surface area contributed by atoms with E-state index in [1.807, 2.05) is 6.07 Å². The Hall–Kier alpha value is -1.59. The Morgan fingerprint density at radius 3 is 2.62 bits per heavy atom. The number of rotatable bonds is 12. The van der Waals surface area contributed by atoms with E-state index in [1.54, 1.807) is 6.07 Å². The average Bonchev–Trinajstić information content (AvgIpc) is 2.77. The van der Waals surface area contributed by atoms with Crippen LogP contribution in [0.1, 0.15) is 89.2 Å². The zero-order valence-corrected chi connectivity index (χ0v) is 20.3. The summed E-state index contributed by atoms with van der Waals surface area (Å²) in [5.74, 6) is 0.873. The van der Waals surface area contributed by atoms with E-state index in [9.17, 15) is 9.90 Å². The van der Waals surface area contributed by atoms with Crippen LogP contribution in [0.5, 0.6) is 5.75 Å². The number of carbonyl (C=O) groups is 1. The molecule has 3 atom stereocenters. The molecule has 1 aromatic carbocycles. The van der Waals surface area contributed by atoms with Crippen molar-refractivity contribution in [1.29, 1.82) is 0 Å². The summed E-state index contributed by atoms with van der Waals surface area (Å²) in [5.41, 5.74) is 7.75. The zero-order chi connectivity index (χ0) is 23.0. The number of carbonyl (C=O) groups excluding carboxylic acids is 1. The van der Waals surface area contributed by atoms with E-state index in [1.165, 1.54) is 36.8 Å². The number of fused-ring (bicyclic) bond motifs is 3. The normalized spacial score (nSPS) is 26.9. The molecule has 0 aromatic heterocycles. The van der Waals surface area contributed by atoms with Crippen molar-refractivity contribution in [3.05, 3.63) is 29.3 Å². The molecule has 0 aliphatic heterocycles. The third kappa shape index (κ3) is 5.66. The first-order valence-corrected chi connectivity index (χ1v) is 12.9. The molecule has 2 aliphatic rings. The van der Waals surface area contributed by atoms with Gasteiger partial charge < -0.3 is 21.5 Å². The number of hydrogen-bond donors (Lipinski definition) is 4. The van der Waals surface area contributed by atoms with E-state index in [4.69, 9.17) is 5.73 Å². The Kier molecular flexibility index (Phi) is 9.01. The van der Waals surface area contributed by atoms with Crippen molar-refractivity contribution in [3.63, 3.8) is 0 Å². The Bertz CT molecular complexity index is 752. The minimum absolute atomic E-state index is 0.0393. The summed E-state index contributed by atoms with van der Waals surface area (Å²) in [6.07, 6.45) is 12.2. The Balaban J connectivity index is 1.45. The molecule has 0 heterocycles. The molecular formula is C27H45N3O2. The maximum Gasteiger partial charge on any atom is 0.226 e. The van der Waals surface area contributed by atoms with Crippen LogP contribution in [-0.2, 0) is 16.6 Å². The highest BCUT2D eigenvalue weighted by Crippen LogP contribution is 2.57. The molecule has 5 heteroatoms. The number of nitrogens with one attached hydrogen (secondary N) is 2. The number of unbranched alkanes of at least 4 members (excludes halogenated alkanes) is 4. The third-order valence-corrected chi connectivity index (χ3v) is 8.23. The summed E-state index contributed by atoms with van der Waals surface area (Å²) in [4.78, 5) is 13.4. The first-order chi connectivity index (χ1) is 15.4. The maximum absolute atomic E-state index is 13.4. The van der Waals surface area contributed by atoms with Crippen LogP contribution in [-0.4, -0.2) is 37.2 Å². The van der Waals surface area contributed by atoms with Crippen LogP contribution in [0, 0.1) is 11.3 Å². The van der Waals surface area contributed by atoms with Crippen LogP contribution in [0.15, 0.2) is 18.2 Å². The fourth-order valence-electron chi connectivity index (χ4n) is 6.39. The number of phenolic OH excluding ortho intramolecular Hbond substituents is 1. The summed E-state index contributed by atoms with van der Waals surface area (Å²) in [6, 6.07) is 5.83. The van der Waals surface area contributed by atoms with E-state index in [0.717, 1.165) is 71.1 Å². The van der Waals surface area contributed by atoms with Crippen molar-refractivity contribution in [2.75, 3.05) is 26.2 Å². The van der Waals surface area contributed by atoms with E-state index >= 15 is 0 Å². The molecule has 5 N–H and O–H groups in total. The number of phenols is 1. The molecule has 0 saturated heterocycles. The summed E-state index contributed by atoms with van der Waals surface area (Å²) in [5, 5.41) is 16.9. The molecular weight excluding hydrogens is 398 g/mol. The van der Waals surface area contributed by atoms with Gasteiger partial charge in [-0.15, -0.1) is 0 Å². The second kappa shape index (κ2) is 11.5. The molecule has 3 rings (SSSR count). The van der Waals surface area contributed by atoms with Crippen LogP contribution >= 0.6 is 0 Å². The predicted molar refractivity (Wildman–Crippen MR) is 132 cm³/mol. The molecule has 0 unspecified atom stereocenters. The van der Waals surface area contributed by atoms with Crippen molar-refractivity contribution in [2.45, 2.75) is 89.9 Å².